The number of pyridine rings is 1. The lowest BCUT2D eigenvalue weighted by atomic mass is 10.1. The van der Waals surface area contributed by atoms with E-state index in [4.69, 9.17) is 11.5 Å². The Morgan fingerprint density at radius 1 is 0.636 bits per heavy atom. The van der Waals surface area contributed by atoms with E-state index in [2.05, 4.69) is 70.7 Å². The summed E-state index contributed by atoms with van der Waals surface area (Å²) in [6.07, 6.45) is 12.6. The van der Waals surface area contributed by atoms with Gasteiger partial charge < -0.3 is 41.4 Å². The third-order valence-electron chi connectivity index (χ3n) is 8.70. The molecule has 0 amide bonds. The van der Waals surface area contributed by atoms with E-state index in [-0.39, 0.29) is 37.2 Å². The van der Waals surface area contributed by atoms with Gasteiger partial charge in [0.15, 0.2) is 11.6 Å². The lowest BCUT2D eigenvalue weighted by Gasteiger charge is -2.19. The van der Waals surface area contributed by atoms with Gasteiger partial charge in [-0.25, -0.2) is 9.97 Å². The molecule has 0 aliphatic carbocycles. The number of hydrogen-bond donors (Lipinski definition) is 6. The van der Waals surface area contributed by atoms with Gasteiger partial charge in [0, 0.05) is 37.8 Å². The highest BCUT2D eigenvalue weighted by molar-refractivity contribution is 5.88. The van der Waals surface area contributed by atoms with Crippen LogP contribution in [0.3, 0.4) is 0 Å². The minimum atomic E-state index is -0.0440. The molecule has 0 saturated carbocycles. The van der Waals surface area contributed by atoms with Crippen molar-refractivity contribution in [1.82, 2.24) is 34.1 Å². The lowest BCUT2D eigenvalue weighted by Crippen LogP contribution is -2.25. The van der Waals surface area contributed by atoms with Gasteiger partial charge in [0.25, 0.3) is 0 Å². The van der Waals surface area contributed by atoms with E-state index in [0.717, 1.165) is 72.8 Å². The fourth-order valence-electron chi connectivity index (χ4n) is 6.10. The molecule has 0 bridgehead atoms. The highest BCUT2D eigenvalue weighted by Crippen LogP contribution is 2.26. The second-order valence-corrected chi connectivity index (χ2v) is 12.7. The maximum atomic E-state index is 9.67. The fraction of sp³-hybridized carbons (Fsp3) is 0.452. The number of fused-ring (bicyclic) bond motifs is 2. The average molecular weight is 754 g/mol. The second kappa shape index (κ2) is 24.2. The van der Waals surface area contributed by atoms with E-state index in [9.17, 15) is 10.2 Å². The predicted octanol–water partition coefficient (Wildman–Crippen LogP) is 7.89. The standard InChI is InChI=1S/C19H26N6O.C19H25N5O.2C2H6/c1-2-3-6-14(9-12-26)22-18-17-16(23-19(20)24-18)8-11-25(17)13-15-7-4-5-10-21-15;1-2-3-9-15(13-25)21-18-17-16(22-19(20)23-18)10-11-24(17)12-14-7-5-4-6-8-14;2*1-2/h4-5,7-8,10-11,14,26H,2-3,6,9,12-13H2,1H3,(H3,20,22,23,24);4-8,10-11,15,25H,2-3,9,12-13H2,1H3,(H3,20,21,22,23);2*1-2H3/t14-;15-;;/m00../s1. The molecule has 8 N–H and O–H groups in total. The van der Waals surface area contributed by atoms with Crippen molar-refractivity contribution in [3.63, 3.8) is 0 Å². The van der Waals surface area contributed by atoms with Gasteiger partial charge in [-0.05, 0) is 49.1 Å². The van der Waals surface area contributed by atoms with Crippen LogP contribution in [0, 0.1) is 0 Å². The Hall–Kier alpha value is -5.27. The van der Waals surface area contributed by atoms with Crippen molar-refractivity contribution in [1.29, 1.82) is 0 Å². The zero-order valence-corrected chi connectivity index (χ0v) is 33.6. The second-order valence-electron chi connectivity index (χ2n) is 12.7. The first kappa shape index (κ1) is 44.1. The SMILES string of the molecule is CC.CC.CCCC[C@@H](CCO)Nc1nc(N)nc2ccn(Cc3ccccn3)c12.CCCC[C@@H](CO)Nc1nc(N)nc2ccn(Cc3ccccc3)c12. The summed E-state index contributed by atoms with van der Waals surface area (Å²) in [6.45, 7) is 13.9. The van der Waals surface area contributed by atoms with Gasteiger partial charge in [0.2, 0.25) is 11.9 Å². The number of aromatic nitrogens is 7. The summed E-state index contributed by atoms with van der Waals surface area (Å²) < 4.78 is 4.19. The molecule has 6 rings (SSSR count). The molecule has 5 heterocycles. The molecule has 13 heteroatoms. The molecule has 0 aliphatic rings. The van der Waals surface area contributed by atoms with Gasteiger partial charge in [0.1, 0.15) is 11.0 Å². The summed E-state index contributed by atoms with van der Waals surface area (Å²) in [5.74, 6) is 1.87. The first-order valence-electron chi connectivity index (χ1n) is 19.9. The number of benzene rings is 1. The van der Waals surface area contributed by atoms with Gasteiger partial charge in [-0.1, -0.05) is 104 Å². The number of nitrogens with zero attached hydrogens (tertiary/aromatic N) is 7. The van der Waals surface area contributed by atoms with Crippen LogP contribution in [0.4, 0.5) is 23.5 Å². The van der Waals surface area contributed by atoms with Crippen LogP contribution < -0.4 is 22.1 Å². The minimum absolute atomic E-state index is 0.0440. The quantitative estimate of drug-likeness (QED) is 0.0531. The number of aliphatic hydroxyl groups excluding tert-OH is 2. The summed E-state index contributed by atoms with van der Waals surface area (Å²) in [5, 5.41) is 25.9. The monoisotopic (exact) mass is 754 g/mol. The Kier molecular flexibility index (Phi) is 19.4. The summed E-state index contributed by atoms with van der Waals surface area (Å²) in [6, 6.07) is 20.1. The molecule has 0 radical (unpaired) electrons. The highest BCUT2D eigenvalue weighted by atomic mass is 16.3. The van der Waals surface area contributed by atoms with E-state index in [1.165, 1.54) is 5.56 Å². The zero-order chi connectivity index (χ0) is 40.0. The Labute approximate surface area is 326 Å². The molecular formula is C42H63N11O2. The van der Waals surface area contributed by atoms with Gasteiger partial charge >= 0.3 is 0 Å². The Morgan fingerprint density at radius 3 is 1.67 bits per heavy atom. The highest BCUT2D eigenvalue weighted by Gasteiger charge is 2.17. The number of nitrogens with one attached hydrogen (secondary N) is 2. The lowest BCUT2D eigenvalue weighted by molar-refractivity contribution is 0.267. The first-order chi connectivity index (χ1) is 26.9. The Balaban J connectivity index is 0.000000271. The maximum absolute atomic E-state index is 9.67. The van der Waals surface area contributed by atoms with Crippen molar-refractivity contribution in [2.75, 3.05) is 35.3 Å². The first-order valence-corrected chi connectivity index (χ1v) is 19.9. The zero-order valence-electron chi connectivity index (χ0n) is 33.6. The molecule has 0 unspecified atom stereocenters. The third kappa shape index (κ3) is 13.2. The summed E-state index contributed by atoms with van der Waals surface area (Å²) in [5.41, 5.74) is 17.4. The third-order valence-corrected chi connectivity index (χ3v) is 8.70. The maximum Gasteiger partial charge on any atom is 0.222 e. The molecular weight excluding hydrogens is 691 g/mol. The van der Waals surface area contributed by atoms with Crippen LogP contribution in [0.5, 0.6) is 0 Å². The molecule has 298 valence electrons. The Bertz CT molecular complexity index is 1930. The van der Waals surface area contributed by atoms with Crippen LogP contribution in [-0.2, 0) is 13.1 Å². The van der Waals surface area contributed by atoms with Crippen molar-refractivity contribution >= 4 is 45.6 Å². The van der Waals surface area contributed by atoms with E-state index >= 15 is 0 Å². The molecule has 0 spiro atoms. The average Bonchev–Trinajstić information content (AvgIpc) is 3.81. The van der Waals surface area contributed by atoms with Crippen LogP contribution in [0.25, 0.3) is 22.1 Å². The number of hydrogen-bond acceptors (Lipinski definition) is 11. The van der Waals surface area contributed by atoms with E-state index in [1.807, 2.05) is 88.6 Å². The van der Waals surface area contributed by atoms with Crippen LogP contribution in [0.1, 0.15) is 97.7 Å². The van der Waals surface area contributed by atoms with Crippen LogP contribution in [-0.4, -0.2) is 69.6 Å². The molecule has 13 nitrogen and oxygen atoms in total. The van der Waals surface area contributed by atoms with Crippen LogP contribution in [0.2, 0.25) is 0 Å². The molecule has 0 saturated heterocycles. The van der Waals surface area contributed by atoms with Crippen LogP contribution in [0.15, 0.2) is 79.3 Å². The number of nitrogen functional groups attached to an aromatic ring is 2. The number of anilines is 4. The number of nitrogens with two attached hydrogens (primary N) is 2. The minimum Gasteiger partial charge on any atom is -0.396 e. The molecule has 5 aromatic heterocycles. The van der Waals surface area contributed by atoms with E-state index < -0.39 is 0 Å². The van der Waals surface area contributed by atoms with E-state index in [0.29, 0.717) is 24.6 Å². The summed E-state index contributed by atoms with van der Waals surface area (Å²) in [7, 11) is 0. The topological polar surface area (TPSA) is 191 Å². The smallest absolute Gasteiger partial charge is 0.222 e. The normalized spacial score (nSPS) is 11.7. The van der Waals surface area contributed by atoms with Crippen molar-refractivity contribution in [2.24, 2.45) is 0 Å². The number of rotatable bonds is 17. The predicted molar refractivity (Wildman–Crippen MR) is 228 cm³/mol. The molecule has 0 fully saturated rings. The van der Waals surface area contributed by atoms with Gasteiger partial charge in [-0.2, -0.15) is 9.97 Å². The summed E-state index contributed by atoms with van der Waals surface area (Å²) in [4.78, 5) is 21.9. The van der Waals surface area contributed by atoms with Crippen molar-refractivity contribution in [2.45, 2.75) is 112 Å². The number of unbranched alkanes of at least 4 members (excludes halogenated alkanes) is 2. The van der Waals surface area contributed by atoms with Crippen molar-refractivity contribution in [3.05, 3.63) is 90.5 Å². The molecule has 6 aromatic rings. The van der Waals surface area contributed by atoms with Crippen LogP contribution >= 0.6 is 0 Å². The van der Waals surface area contributed by atoms with E-state index in [1.54, 1.807) is 6.20 Å². The fourth-order valence-corrected chi connectivity index (χ4v) is 6.10. The van der Waals surface area contributed by atoms with Gasteiger partial charge in [-0.3, -0.25) is 4.98 Å². The van der Waals surface area contributed by atoms with Crippen molar-refractivity contribution < 1.29 is 10.2 Å². The number of aliphatic hydroxyl groups is 2. The van der Waals surface area contributed by atoms with Gasteiger partial charge in [-0.15, -0.1) is 0 Å². The van der Waals surface area contributed by atoms with Crippen molar-refractivity contribution in [3.8, 4) is 0 Å². The molecule has 2 atom stereocenters. The largest absolute Gasteiger partial charge is 0.396 e. The van der Waals surface area contributed by atoms with Gasteiger partial charge in [0.05, 0.1) is 35.9 Å². The Morgan fingerprint density at radius 2 is 1.16 bits per heavy atom. The molecule has 1 aromatic carbocycles. The summed E-state index contributed by atoms with van der Waals surface area (Å²) >= 11 is 0. The molecule has 0 aliphatic heterocycles. The molecule has 55 heavy (non-hydrogen) atoms.